The number of aryl methyl sites for hydroxylation is 2. The first-order chi connectivity index (χ1) is 11.7. The number of carbonyl (C=O) groups is 4. The van der Waals surface area contributed by atoms with Crippen LogP contribution in [0, 0.1) is 13.8 Å². The van der Waals surface area contributed by atoms with E-state index in [0.717, 1.165) is 0 Å². The molecule has 0 fully saturated rings. The summed E-state index contributed by atoms with van der Waals surface area (Å²) in [7, 11) is 0. The molecule has 0 aliphatic heterocycles. The first-order valence-electron chi connectivity index (χ1n) is 7.15. The SMILES string of the molecule is Cc1ccc(C(=O)O)c(C(=O)OC(=O)c2cc(C)ccc2C(=O)O)c1. The van der Waals surface area contributed by atoms with Crippen LogP contribution in [-0.4, -0.2) is 34.1 Å². The fraction of sp³-hybridized carbons (Fsp3) is 0.111. The van der Waals surface area contributed by atoms with Crippen molar-refractivity contribution in [3.63, 3.8) is 0 Å². The van der Waals surface area contributed by atoms with Gasteiger partial charge in [0, 0.05) is 0 Å². The van der Waals surface area contributed by atoms with Gasteiger partial charge in [-0.25, -0.2) is 19.2 Å². The van der Waals surface area contributed by atoms with Gasteiger partial charge in [0.2, 0.25) is 0 Å². The van der Waals surface area contributed by atoms with E-state index in [2.05, 4.69) is 0 Å². The number of carboxylic acid groups (broad SMARTS) is 2. The maximum atomic E-state index is 12.2. The minimum atomic E-state index is -1.35. The second kappa shape index (κ2) is 6.96. The van der Waals surface area contributed by atoms with Crippen LogP contribution >= 0.6 is 0 Å². The van der Waals surface area contributed by atoms with Gasteiger partial charge in [0.25, 0.3) is 0 Å². The number of esters is 2. The minimum absolute atomic E-state index is 0.287. The molecule has 0 unspecified atom stereocenters. The van der Waals surface area contributed by atoms with E-state index in [1.807, 2.05) is 0 Å². The molecule has 128 valence electrons. The molecule has 7 heteroatoms. The third-order valence-corrected chi connectivity index (χ3v) is 3.44. The number of ether oxygens (including phenoxy) is 1. The second-order valence-corrected chi connectivity index (χ2v) is 5.39. The zero-order chi connectivity index (χ0) is 18.7. The third-order valence-electron chi connectivity index (χ3n) is 3.44. The van der Waals surface area contributed by atoms with Gasteiger partial charge in [0.15, 0.2) is 0 Å². The molecule has 2 aromatic rings. The summed E-state index contributed by atoms with van der Waals surface area (Å²) in [5, 5.41) is 18.3. The van der Waals surface area contributed by atoms with Gasteiger partial charge >= 0.3 is 23.9 Å². The van der Waals surface area contributed by atoms with Crippen LogP contribution in [0.25, 0.3) is 0 Å². The highest BCUT2D eigenvalue weighted by molar-refractivity contribution is 6.10. The van der Waals surface area contributed by atoms with E-state index in [0.29, 0.717) is 11.1 Å². The Morgan fingerprint density at radius 1 is 0.680 bits per heavy atom. The van der Waals surface area contributed by atoms with Gasteiger partial charge < -0.3 is 14.9 Å². The van der Waals surface area contributed by atoms with Crippen LogP contribution in [0.5, 0.6) is 0 Å². The second-order valence-electron chi connectivity index (χ2n) is 5.39. The van der Waals surface area contributed by atoms with Crippen molar-refractivity contribution in [2.45, 2.75) is 13.8 Å². The lowest BCUT2D eigenvalue weighted by atomic mass is 10.0. The number of hydrogen-bond donors (Lipinski definition) is 2. The summed E-state index contributed by atoms with van der Waals surface area (Å²) >= 11 is 0. The molecule has 0 amide bonds. The van der Waals surface area contributed by atoms with Crippen LogP contribution in [0.1, 0.15) is 52.6 Å². The highest BCUT2D eigenvalue weighted by atomic mass is 16.6. The van der Waals surface area contributed by atoms with E-state index in [1.165, 1.54) is 36.4 Å². The van der Waals surface area contributed by atoms with Crippen molar-refractivity contribution in [1.29, 1.82) is 0 Å². The molecule has 7 nitrogen and oxygen atoms in total. The Morgan fingerprint density at radius 2 is 1.04 bits per heavy atom. The normalized spacial score (nSPS) is 10.2. The molecule has 0 aliphatic carbocycles. The Kier molecular flexibility index (Phi) is 4.97. The molecule has 0 radical (unpaired) electrons. The molecule has 0 bridgehead atoms. The number of carbonyl (C=O) groups excluding carboxylic acids is 2. The van der Waals surface area contributed by atoms with Crippen LogP contribution in [0.3, 0.4) is 0 Å². The fourth-order valence-electron chi connectivity index (χ4n) is 2.22. The predicted octanol–water partition coefficient (Wildman–Crippen LogP) is 2.70. The van der Waals surface area contributed by atoms with Crippen molar-refractivity contribution in [3.05, 3.63) is 69.8 Å². The number of rotatable bonds is 4. The largest absolute Gasteiger partial charge is 0.478 e. The van der Waals surface area contributed by atoms with Crippen LogP contribution in [-0.2, 0) is 4.74 Å². The van der Waals surface area contributed by atoms with E-state index >= 15 is 0 Å². The Morgan fingerprint density at radius 3 is 1.36 bits per heavy atom. The molecule has 0 atom stereocenters. The summed E-state index contributed by atoms with van der Waals surface area (Å²) < 4.78 is 4.71. The Labute approximate surface area is 142 Å². The quantitative estimate of drug-likeness (QED) is 0.648. The summed E-state index contributed by atoms with van der Waals surface area (Å²) in [5.41, 5.74) is 0.00492. The molecular weight excluding hydrogens is 328 g/mol. The molecule has 0 saturated heterocycles. The van der Waals surface area contributed by atoms with Crippen LogP contribution in [0.4, 0.5) is 0 Å². The predicted molar refractivity (Wildman–Crippen MR) is 86.0 cm³/mol. The van der Waals surface area contributed by atoms with Crippen molar-refractivity contribution in [1.82, 2.24) is 0 Å². The molecule has 2 N–H and O–H groups in total. The monoisotopic (exact) mass is 342 g/mol. The maximum absolute atomic E-state index is 12.2. The van der Waals surface area contributed by atoms with Gasteiger partial charge in [-0.3, -0.25) is 0 Å². The molecule has 0 spiro atoms. The van der Waals surface area contributed by atoms with E-state index in [1.54, 1.807) is 13.8 Å². The lowest BCUT2D eigenvalue weighted by Crippen LogP contribution is -2.18. The number of hydrogen-bond acceptors (Lipinski definition) is 5. The highest BCUT2D eigenvalue weighted by Gasteiger charge is 2.24. The lowest BCUT2D eigenvalue weighted by Gasteiger charge is -2.09. The van der Waals surface area contributed by atoms with E-state index in [4.69, 9.17) is 14.9 Å². The number of benzene rings is 2. The highest BCUT2D eigenvalue weighted by Crippen LogP contribution is 2.17. The van der Waals surface area contributed by atoms with Crippen LogP contribution < -0.4 is 0 Å². The molecule has 2 rings (SSSR count). The minimum Gasteiger partial charge on any atom is -0.478 e. The Balaban J connectivity index is 2.38. The Hall–Kier alpha value is -3.48. The molecular formula is C18H14O7. The smallest absolute Gasteiger partial charge is 0.346 e. The van der Waals surface area contributed by atoms with E-state index < -0.39 is 23.9 Å². The molecule has 25 heavy (non-hydrogen) atoms. The van der Waals surface area contributed by atoms with Gasteiger partial charge in [-0.15, -0.1) is 0 Å². The Bertz CT molecular complexity index is 823. The molecule has 2 aromatic carbocycles. The summed E-state index contributed by atoms with van der Waals surface area (Å²) in [4.78, 5) is 46.9. The number of aromatic carboxylic acids is 2. The first kappa shape index (κ1) is 17.9. The average molecular weight is 342 g/mol. The first-order valence-corrected chi connectivity index (χ1v) is 7.15. The zero-order valence-corrected chi connectivity index (χ0v) is 13.4. The summed E-state index contributed by atoms with van der Waals surface area (Å²) in [5.74, 6) is -5.02. The van der Waals surface area contributed by atoms with Gasteiger partial charge in [-0.05, 0) is 38.1 Å². The zero-order valence-electron chi connectivity index (χ0n) is 13.4. The van der Waals surface area contributed by atoms with Gasteiger partial charge in [-0.2, -0.15) is 0 Å². The lowest BCUT2D eigenvalue weighted by molar-refractivity contribution is 0.0386. The fourth-order valence-corrected chi connectivity index (χ4v) is 2.22. The summed E-state index contributed by atoms with van der Waals surface area (Å²) in [6, 6.07) is 8.04. The van der Waals surface area contributed by atoms with Crippen molar-refractivity contribution in [3.8, 4) is 0 Å². The van der Waals surface area contributed by atoms with Gasteiger partial charge in [-0.1, -0.05) is 23.3 Å². The topological polar surface area (TPSA) is 118 Å². The van der Waals surface area contributed by atoms with Crippen LogP contribution in [0.15, 0.2) is 36.4 Å². The maximum Gasteiger partial charge on any atom is 0.346 e. The van der Waals surface area contributed by atoms with Crippen molar-refractivity contribution >= 4 is 23.9 Å². The summed E-state index contributed by atoms with van der Waals surface area (Å²) in [6.45, 7) is 3.29. The van der Waals surface area contributed by atoms with Crippen molar-refractivity contribution in [2.24, 2.45) is 0 Å². The van der Waals surface area contributed by atoms with Gasteiger partial charge in [0.05, 0.1) is 22.3 Å². The van der Waals surface area contributed by atoms with Crippen molar-refractivity contribution < 1.29 is 34.1 Å². The van der Waals surface area contributed by atoms with E-state index in [9.17, 15) is 19.2 Å². The average Bonchev–Trinajstić information content (AvgIpc) is 2.53. The molecule has 0 aromatic heterocycles. The van der Waals surface area contributed by atoms with Gasteiger partial charge in [0.1, 0.15) is 0 Å². The van der Waals surface area contributed by atoms with Crippen molar-refractivity contribution in [2.75, 3.05) is 0 Å². The standard InChI is InChI=1S/C18H14O7/c1-9-3-5-11(15(19)20)13(7-9)17(23)25-18(24)14-8-10(2)4-6-12(14)16(21)22/h3-8H,1-2H3,(H,19,20)(H,21,22). The number of carboxylic acids is 2. The van der Waals surface area contributed by atoms with E-state index in [-0.39, 0.29) is 22.3 Å². The molecule has 0 aliphatic rings. The van der Waals surface area contributed by atoms with Crippen LogP contribution in [0.2, 0.25) is 0 Å². The molecule has 0 heterocycles. The summed E-state index contributed by atoms with van der Waals surface area (Å²) in [6.07, 6.45) is 0. The molecule has 0 saturated carbocycles. The third kappa shape index (κ3) is 3.89.